The number of hydrogen-bond donors (Lipinski definition) is 1. The molecule has 0 aromatic heterocycles. The largest absolute Gasteiger partial charge is 0.344 e. The molecule has 5 heteroatoms. The van der Waals surface area contributed by atoms with Gasteiger partial charge in [0.15, 0.2) is 0 Å². The molecule has 1 fully saturated rings. The van der Waals surface area contributed by atoms with E-state index in [1.807, 2.05) is 32.0 Å². The first kappa shape index (κ1) is 17.1. The molecule has 1 heterocycles. The van der Waals surface area contributed by atoms with Gasteiger partial charge in [0, 0.05) is 12.2 Å². The molecule has 0 spiro atoms. The Hall–Kier alpha value is -2.69. The van der Waals surface area contributed by atoms with Gasteiger partial charge in [0.25, 0.3) is 0 Å². The number of halogens is 1. The summed E-state index contributed by atoms with van der Waals surface area (Å²) in [6.07, 6.45) is 0.717. The van der Waals surface area contributed by atoms with E-state index >= 15 is 0 Å². The molecule has 2 aromatic carbocycles. The van der Waals surface area contributed by atoms with E-state index in [1.54, 1.807) is 17.0 Å². The van der Waals surface area contributed by atoms with Crippen LogP contribution in [0.5, 0.6) is 0 Å². The third-order valence-corrected chi connectivity index (χ3v) is 4.62. The SMILES string of the molecule is Cc1ccc(N2CC[C@@H](NC(=O)Cc3ccc(F)cc3)C2=O)cc1C. The van der Waals surface area contributed by atoms with Crippen molar-refractivity contribution in [1.82, 2.24) is 5.32 Å². The lowest BCUT2D eigenvalue weighted by atomic mass is 10.1. The van der Waals surface area contributed by atoms with Crippen molar-refractivity contribution in [2.24, 2.45) is 0 Å². The normalized spacial score (nSPS) is 17.0. The number of carbonyl (C=O) groups excluding carboxylic acids is 2. The minimum atomic E-state index is -0.505. The van der Waals surface area contributed by atoms with Crippen LogP contribution < -0.4 is 10.2 Å². The van der Waals surface area contributed by atoms with Crippen LogP contribution in [-0.2, 0) is 16.0 Å². The standard InChI is InChI=1S/C20H21FN2O2/c1-13-3-8-17(11-14(13)2)23-10-9-18(20(23)25)22-19(24)12-15-4-6-16(21)7-5-15/h3-8,11,18H,9-10,12H2,1-2H3,(H,22,24)/t18-/m1/s1. The minimum Gasteiger partial charge on any atom is -0.344 e. The molecule has 0 radical (unpaired) electrons. The van der Waals surface area contributed by atoms with Crippen LogP contribution in [0.2, 0.25) is 0 Å². The Kier molecular flexibility index (Phi) is 4.83. The topological polar surface area (TPSA) is 49.4 Å². The fourth-order valence-corrected chi connectivity index (χ4v) is 3.00. The fourth-order valence-electron chi connectivity index (χ4n) is 3.00. The van der Waals surface area contributed by atoms with E-state index in [2.05, 4.69) is 5.32 Å². The van der Waals surface area contributed by atoms with Gasteiger partial charge in [-0.25, -0.2) is 4.39 Å². The predicted octanol–water partition coefficient (Wildman–Crippen LogP) is 2.91. The molecule has 3 rings (SSSR count). The van der Waals surface area contributed by atoms with Crippen LogP contribution >= 0.6 is 0 Å². The summed E-state index contributed by atoms with van der Waals surface area (Å²) in [4.78, 5) is 26.5. The Morgan fingerprint density at radius 1 is 1.16 bits per heavy atom. The van der Waals surface area contributed by atoms with Crippen molar-refractivity contribution in [1.29, 1.82) is 0 Å². The number of hydrogen-bond acceptors (Lipinski definition) is 2. The van der Waals surface area contributed by atoms with Gasteiger partial charge in [-0.3, -0.25) is 9.59 Å². The zero-order valence-electron chi connectivity index (χ0n) is 14.4. The molecule has 0 bridgehead atoms. The van der Waals surface area contributed by atoms with E-state index in [0.29, 0.717) is 13.0 Å². The molecule has 130 valence electrons. The van der Waals surface area contributed by atoms with Gasteiger partial charge in [-0.05, 0) is 61.2 Å². The van der Waals surface area contributed by atoms with Crippen molar-refractivity contribution in [3.05, 3.63) is 65.0 Å². The maximum Gasteiger partial charge on any atom is 0.249 e. The number of benzene rings is 2. The fraction of sp³-hybridized carbons (Fsp3) is 0.300. The number of aryl methyl sites for hydroxylation is 2. The molecule has 1 aliphatic heterocycles. The highest BCUT2D eigenvalue weighted by atomic mass is 19.1. The van der Waals surface area contributed by atoms with Crippen molar-refractivity contribution in [3.63, 3.8) is 0 Å². The average Bonchev–Trinajstić information content (AvgIpc) is 2.93. The molecule has 1 N–H and O–H groups in total. The van der Waals surface area contributed by atoms with Crippen molar-refractivity contribution < 1.29 is 14.0 Å². The summed E-state index contributed by atoms with van der Waals surface area (Å²) < 4.78 is 12.9. The van der Waals surface area contributed by atoms with Crippen LogP contribution in [0.15, 0.2) is 42.5 Å². The van der Waals surface area contributed by atoms with Crippen molar-refractivity contribution in [2.75, 3.05) is 11.4 Å². The summed E-state index contributed by atoms with van der Waals surface area (Å²) in [7, 11) is 0. The van der Waals surface area contributed by atoms with Gasteiger partial charge in [0.2, 0.25) is 11.8 Å². The van der Waals surface area contributed by atoms with Crippen LogP contribution in [0.3, 0.4) is 0 Å². The summed E-state index contributed by atoms with van der Waals surface area (Å²) in [6, 6.07) is 11.2. The van der Waals surface area contributed by atoms with Crippen molar-refractivity contribution in [3.8, 4) is 0 Å². The summed E-state index contributed by atoms with van der Waals surface area (Å²) >= 11 is 0. The van der Waals surface area contributed by atoms with Crippen LogP contribution in [-0.4, -0.2) is 24.4 Å². The van der Waals surface area contributed by atoms with Crippen LogP contribution in [0, 0.1) is 19.7 Å². The molecular formula is C20H21FN2O2. The number of carbonyl (C=O) groups is 2. The molecule has 0 unspecified atom stereocenters. The van der Waals surface area contributed by atoms with E-state index in [4.69, 9.17) is 0 Å². The van der Waals surface area contributed by atoms with Gasteiger partial charge in [0.1, 0.15) is 11.9 Å². The first-order chi connectivity index (χ1) is 11.9. The Morgan fingerprint density at radius 3 is 2.56 bits per heavy atom. The lowest BCUT2D eigenvalue weighted by Gasteiger charge is -2.18. The predicted molar refractivity (Wildman–Crippen MR) is 94.9 cm³/mol. The third kappa shape index (κ3) is 3.87. The molecular weight excluding hydrogens is 319 g/mol. The molecule has 1 saturated heterocycles. The molecule has 1 atom stereocenters. The van der Waals surface area contributed by atoms with Gasteiger partial charge in [0.05, 0.1) is 6.42 Å². The van der Waals surface area contributed by atoms with Crippen LogP contribution in [0.1, 0.15) is 23.1 Å². The number of rotatable bonds is 4. The highest BCUT2D eigenvalue weighted by Gasteiger charge is 2.33. The first-order valence-electron chi connectivity index (χ1n) is 8.36. The lowest BCUT2D eigenvalue weighted by molar-refractivity contribution is -0.126. The van der Waals surface area contributed by atoms with E-state index < -0.39 is 6.04 Å². The van der Waals surface area contributed by atoms with E-state index in [-0.39, 0.29) is 24.1 Å². The van der Waals surface area contributed by atoms with Crippen molar-refractivity contribution in [2.45, 2.75) is 32.7 Å². The van der Waals surface area contributed by atoms with Gasteiger partial charge >= 0.3 is 0 Å². The lowest BCUT2D eigenvalue weighted by Crippen LogP contribution is -2.42. The van der Waals surface area contributed by atoms with Gasteiger partial charge in [-0.15, -0.1) is 0 Å². The molecule has 4 nitrogen and oxygen atoms in total. The minimum absolute atomic E-state index is 0.0873. The smallest absolute Gasteiger partial charge is 0.249 e. The number of nitrogens with one attached hydrogen (secondary N) is 1. The summed E-state index contributed by atoms with van der Waals surface area (Å²) in [6.45, 7) is 4.63. The Morgan fingerprint density at radius 2 is 1.88 bits per heavy atom. The van der Waals surface area contributed by atoms with Gasteiger partial charge < -0.3 is 10.2 Å². The number of amides is 2. The van der Waals surface area contributed by atoms with Crippen LogP contribution in [0.25, 0.3) is 0 Å². The molecule has 25 heavy (non-hydrogen) atoms. The second-order valence-electron chi connectivity index (χ2n) is 6.47. The second kappa shape index (κ2) is 7.05. The summed E-state index contributed by atoms with van der Waals surface area (Å²) in [5.41, 5.74) is 3.90. The highest BCUT2D eigenvalue weighted by Crippen LogP contribution is 2.24. The molecule has 1 aliphatic rings. The van der Waals surface area contributed by atoms with E-state index in [1.165, 1.54) is 17.7 Å². The number of anilines is 1. The quantitative estimate of drug-likeness (QED) is 0.930. The Labute approximate surface area is 146 Å². The van der Waals surface area contributed by atoms with Gasteiger partial charge in [-0.1, -0.05) is 18.2 Å². The molecule has 2 aromatic rings. The summed E-state index contributed by atoms with van der Waals surface area (Å²) in [5, 5.41) is 2.79. The Bertz CT molecular complexity index is 802. The van der Waals surface area contributed by atoms with E-state index in [0.717, 1.165) is 16.8 Å². The van der Waals surface area contributed by atoms with Gasteiger partial charge in [-0.2, -0.15) is 0 Å². The number of nitrogens with zero attached hydrogens (tertiary/aromatic N) is 1. The highest BCUT2D eigenvalue weighted by molar-refractivity contribution is 6.01. The summed E-state index contributed by atoms with van der Waals surface area (Å²) in [5.74, 6) is -0.651. The van der Waals surface area contributed by atoms with Crippen molar-refractivity contribution >= 4 is 17.5 Å². The Balaban J connectivity index is 1.62. The second-order valence-corrected chi connectivity index (χ2v) is 6.47. The maximum absolute atomic E-state index is 12.9. The van der Waals surface area contributed by atoms with E-state index in [9.17, 15) is 14.0 Å². The third-order valence-electron chi connectivity index (χ3n) is 4.62. The maximum atomic E-state index is 12.9. The zero-order chi connectivity index (χ0) is 18.0. The average molecular weight is 340 g/mol. The molecule has 2 amide bonds. The molecule has 0 saturated carbocycles. The van der Waals surface area contributed by atoms with Crippen LogP contribution in [0.4, 0.5) is 10.1 Å². The molecule has 0 aliphatic carbocycles. The monoisotopic (exact) mass is 340 g/mol. The first-order valence-corrected chi connectivity index (χ1v) is 8.36. The zero-order valence-corrected chi connectivity index (χ0v) is 14.4.